The Morgan fingerprint density at radius 2 is 1.74 bits per heavy atom. The lowest BCUT2D eigenvalue weighted by atomic mass is 10.2. The lowest BCUT2D eigenvalue weighted by molar-refractivity contribution is 0.0938. The molecule has 2 rings (SSSR count). The van der Waals surface area contributed by atoms with E-state index >= 15 is 0 Å². The van der Waals surface area contributed by atoms with Crippen LogP contribution >= 0.6 is 11.3 Å². The van der Waals surface area contributed by atoms with Gasteiger partial charge in [0.05, 0.1) is 25.3 Å². The third-order valence-corrected chi connectivity index (χ3v) is 3.72. The molecular formula is C15H14N2O5S. The number of amides is 3. The van der Waals surface area contributed by atoms with E-state index in [1.807, 2.05) is 5.32 Å². The van der Waals surface area contributed by atoms with Crippen LogP contribution in [0.15, 0.2) is 35.7 Å². The van der Waals surface area contributed by atoms with Crippen molar-refractivity contribution in [2.45, 2.75) is 0 Å². The number of alkyl carbamates (subject to hydrolysis) is 1. The quantitative estimate of drug-likeness (QED) is 0.896. The summed E-state index contributed by atoms with van der Waals surface area (Å²) < 4.78 is 9.50. The second-order valence-electron chi connectivity index (χ2n) is 4.26. The number of nitrogens with one attached hydrogen (secondary N) is 2. The second kappa shape index (κ2) is 7.41. The molecule has 0 radical (unpaired) electrons. The number of methoxy groups -OCH3 is 2. The maximum atomic E-state index is 12.3. The van der Waals surface area contributed by atoms with Gasteiger partial charge in [-0.1, -0.05) is 12.1 Å². The molecule has 0 aliphatic heterocycles. The molecule has 0 spiro atoms. The van der Waals surface area contributed by atoms with Gasteiger partial charge in [0, 0.05) is 0 Å². The third-order valence-electron chi connectivity index (χ3n) is 2.89. The molecule has 1 heterocycles. The summed E-state index contributed by atoms with van der Waals surface area (Å²) in [6.45, 7) is 0. The molecule has 0 aliphatic rings. The Balaban J connectivity index is 2.18. The van der Waals surface area contributed by atoms with Crippen molar-refractivity contribution in [1.29, 1.82) is 0 Å². The normalized spacial score (nSPS) is 9.83. The number of carbonyl (C=O) groups excluding carboxylic acids is 3. The number of rotatable bonds is 4. The number of imide groups is 1. The molecule has 7 nitrogen and oxygen atoms in total. The van der Waals surface area contributed by atoms with Gasteiger partial charge >= 0.3 is 6.09 Å². The highest BCUT2D eigenvalue weighted by molar-refractivity contribution is 7.14. The lowest BCUT2D eigenvalue weighted by Gasteiger charge is -2.09. The fourth-order valence-corrected chi connectivity index (χ4v) is 2.58. The summed E-state index contributed by atoms with van der Waals surface area (Å²) in [5.41, 5.74) is 0.506. The van der Waals surface area contributed by atoms with Crippen molar-refractivity contribution < 1.29 is 23.9 Å². The Bertz CT molecular complexity index is 741. The van der Waals surface area contributed by atoms with Gasteiger partial charge in [-0.3, -0.25) is 14.9 Å². The van der Waals surface area contributed by atoms with Crippen molar-refractivity contribution in [3.63, 3.8) is 0 Å². The number of para-hydroxylation sites is 1. The Labute approximate surface area is 136 Å². The molecule has 1 aromatic heterocycles. The summed E-state index contributed by atoms with van der Waals surface area (Å²) >= 11 is 1.16. The van der Waals surface area contributed by atoms with Gasteiger partial charge in [0.25, 0.3) is 11.8 Å². The molecule has 0 bridgehead atoms. The summed E-state index contributed by atoms with van der Waals surface area (Å²) in [7, 11) is 2.62. The predicted octanol–water partition coefficient (Wildman–Crippen LogP) is 2.51. The molecule has 0 saturated heterocycles. The summed E-state index contributed by atoms with van der Waals surface area (Å²) in [5, 5.41) is 6.63. The molecule has 2 aromatic rings. The smallest absolute Gasteiger partial charge is 0.413 e. The van der Waals surface area contributed by atoms with E-state index in [9.17, 15) is 14.4 Å². The molecule has 23 heavy (non-hydrogen) atoms. The van der Waals surface area contributed by atoms with E-state index in [4.69, 9.17) is 4.74 Å². The highest BCUT2D eigenvalue weighted by Gasteiger charge is 2.19. The fourth-order valence-electron chi connectivity index (χ4n) is 1.80. The molecular weight excluding hydrogens is 320 g/mol. The van der Waals surface area contributed by atoms with Crippen LogP contribution in [0.2, 0.25) is 0 Å². The first-order valence-corrected chi connectivity index (χ1v) is 7.36. The summed E-state index contributed by atoms with van der Waals surface area (Å²) in [6, 6.07) is 8.22. The van der Waals surface area contributed by atoms with Gasteiger partial charge in [-0.25, -0.2) is 4.79 Å². The second-order valence-corrected chi connectivity index (χ2v) is 5.18. The van der Waals surface area contributed by atoms with Gasteiger partial charge in [0.15, 0.2) is 0 Å². The van der Waals surface area contributed by atoms with Crippen LogP contribution in [-0.4, -0.2) is 32.1 Å². The highest BCUT2D eigenvalue weighted by atomic mass is 32.1. The van der Waals surface area contributed by atoms with Crippen LogP contribution in [0.5, 0.6) is 5.75 Å². The minimum atomic E-state index is -0.872. The van der Waals surface area contributed by atoms with Crippen LogP contribution in [0.3, 0.4) is 0 Å². The van der Waals surface area contributed by atoms with Crippen LogP contribution in [0.4, 0.5) is 9.80 Å². The summed E-state index contributed by atoms with van der Waals surface area (Å²) in [4.78, 5) is 35.4. The number of hydrogen-bond acceptors (Lipinski definition) is 6. The molecule has 0 fully saturated rings. The van der Waals surface area contributed by atoms with Gasteiger partial charge < -0.3 is 14.8 Å². The first-order chi connectivity index (χ1) is 11.1. The first-order valence-electron chi connectivity index (χ1n) is 6.48. The number of benzene rings is 1. The standard InChI is InChI=1S/C15H14N2O5S/c1-21-11-6-4-3-5-9(11)12(18)16-14-10(7-8-23-14)13(19)17-15(20)22-2/h3-8H,1-2H3,(H,16,18)(H,17,19,20). The first kappa shape index (κ1) is 16.5. The van der Waals surface area contributed by atoms with Crippen molar-refractivity contribution >= 4 is 34.2 Å². The average Bonchev–Trinajstić information content (AvgIpc) is 3.02. The van der Waals surface area contributed by atoms with E-state index < -0.39 is 17.9 Å². The Hall–Kier alpha value is -2.87. The van der Waals surface area contributed by atoms with E-state index in [-0.39, 0.29) is 5.56 Å². The summed E-state index contributed by atoms with van der Waals surface area (Å²) in [6.07, 6.45) is -0.872. The van der Waals surface area contributed by atoms with Gasteiger partial charge in [-0.05, 0) is 23.6 Å². The average molecular weight is 334 g/mol. The molecule has 0 aliphatic carbocycles. The van der Waals surface area contributed by atoms with Gasteiger partial charge in [-0.15, -0.1) is 11.3 Å². The summed E-state index contributed by atoms with van der Waals surface area (Å²) in [5.74, 6) is -0.660. The molecule has 3 amide bonds. The molecule has 8 heteroatoms. The minimum absolute atomic E-state index is 0.170. The molecule has 0 atom stereocenters. The SMILES string of the molecule is COC(=O)NC(=O)c1ccsc1NC(=O)c1ccccc1OC. The Kier molecular flexibility index (Phi) is 5.32. The third kappa shape index (κ3) is 3.86. The topological polar surface area (TPSA) is 93.7 Å². The highest BCUT2D eigenvalue weighted by Crippen LogP contribution is 2.25. The van der Waals surface area contributed by atoms with Crippen LogP contribution < -0.4 is 15.4 Å². The largest absolute Gasteiger partial charge is 0.496 e. The lowest BCUT2D eigenvalue weighted by Crippen LogP contribution is -2.30. The van der Waals surface area contributed by atoms with E-state index in [2.05, 4.69) is 10.1 Å². The van der Waals surface area contributed by atoms with Crippen molar-refractivity contribution in [3.8, 4) is 5.75 Å². The zero-order valence-corrected chi connectivity index (χ0v) is 13.2. The minimum Gasteiger partial charge on any atom is -0.496 e. The van der Waals surface area contributed by atoms with E-state index in [0.29, 0.717) is 16.3 Å². The van der Waals surface area contributed by atoms with Crippen LogP contribution in [0.1, 0.15) is 20.7 Å². The van der Waals surface area contributed by atoms with Gasteiger partial charge in [0.1, 0.15) is 10.8 Å². The number of hydrogen-bond donors (Lipinski definition) is 2. The van der Waals surface area contributed by atoms with E-state index in [1.165, 1.54) is 13.2 Å². The Morgan fingerprint density at radius 3 is 2.43 bits per heavy atom. The maximum Gasteiger partial charge on any atom is 0.413 e. The number of ether oxygens (including phenoxy) is 2. The fraction of sp³-hybridized carbons (Fsp3) is 0.133. The monoisotopic (exact) mass is 334 g/mol. The van der Waals surface area contributed by atoms with Crippen LogP contribution in [0, 0.1) is 0 Å². The predicted molar refractivity (Wildman–Crippen MR) is 85.1 cm³/mol. The van der Waals surface area contributed by atoms with E-state index in [0.717, 1.165) is 18.4 Å². The van der Waals surface area contributed by atoms with Crippen molar-refractivity contribution in [1.82, 2.24) is 5.32 Å². The molecule has 0 saturated carbocycles. The van der Waals surface area contributed by atoms with Crippen LogP contribution in [-0.2, 0) is 4.74 Å². The zero-order valence-electron chi connectivity index (χ0n) is 12.4. The number of thiophene rings is 1. The van der Waals surface area contributed by atoms with Crippen molar-refractivity contribution in [3.05, 3.63) is 46.8 Å². The molecule has 2 N–H and O–H groups in total. The van der Waals surface area contributed by atoms with Gasteiger partial charge in [-0.2, -0.15) is 0 Å². The Morgan fingerprint density at radius 1 is 1.00 bits per heavy atom. The van der Waals surface area contributed by atoms with Gasteiger partial charge in [0.2, 0.25) is 0 Å². The molecule has 0 unspecified atom stereocenters. The molecule has 1 aromatic carbocycles. The van der Waals surface area contributed by atoms with Crippen LogP contribution in [0.25, 0.3) is 0 Å². The number of carbonyl (C=O) groups is 3. The number of anilines is 1. The van der Waals surface area contributed by atoms with Crippen molar-refractivity contribution in [2.24, 2.45) is 0 Å². The zero-order chi connectivity index (χ0) is 16.8. The van der Waals surface area contributed by atoms with Crippen molar-refractivity contribution in [2.75, 3.05) is 19.5 Å². The molecule has 120 valence electrons. The maximum absolute atomic E-state index is 12.3. The van der Waals surface area contributed by atoms with E-state index in [1.54, 1.807) is 29.6 Å².